The molecule has 0 fully saturated rings. The monoisotopic (exact) mass is 754 g/mol. The molecule has 2 amide bonds. The van der Waals surface area contributed by atoms with Crippen molar-refractivity contribution in [2.24, 2.45) is 0 Å². The Balaban J connectivity index is 0.00000400. The van der Waals surface area contributed by atoms with E-state index in [1.807, 2.05) is 67.8 Å². The van der Waals surface area contributed by atoms with Crippen LogP contribution in [0.15, 0.2) is 0 Å². The van der Waals surface area contributed by atoms with Gasteiger partial charge in [-0.3, -0.25) is 9.59 Å². The van der Waals surface area contributed by atoms with Crippen LogP contribution in [-0.2, 0) is 9.59 Å². The standard InChI is InChI=1S/C11H9I3N2O4.Ba.2H/c1-3(17)15-9-6(12)5(11(19)20)7(13)10(8(9)14)16-4(2)18;;;/h1-2H3,(H,15,17)(H,16,18)(H,19,20);;;. The van der Waals surface area contributed by atoms with Crippen molar-refractivity contribution in [1.82, 2.24) is 0 Å². The molecule has 0 bridgehead atoms. The molecule has 10 heteroatoms. The van der Waals surface area contributed by atoms with E-state index in [2.05, 4.69) is 10.6 Å². The summed E-state index contributed by atoms with van der Waals surface area (Å²) in [5, 5.41) is 14.5. The van der Waals surface area contributed by atoms with Crippen LogP contribution in [-0.4, -0.2) is 71.8 Å². The van der Waals surface area contributed by atoms with E-state index in [1.54, 1.807) is 0 Å². The molecule has 0 heterocycles. The summed E-state index contributed by atoms with van der Waals surface area (Å²) in [5.41, 5.74) is 0.833. The van der Waals surface area contributed by atoms with Crippen LogP contribution >= 0.6 is 67.8 Å². The number of carboxylic acid groups (broad SMARTS) is 1. The normalized spacial score (nSPS) is 9.57. The van der Waals surface area contributed by atoms with E-state index in [4.69, 9.17) is 0 Å². The van der Waals surface area contributed by atoms with Crippen molar-refractivity contribution in [3.05, 3.63) is 16.3 Å². The molecule has 0 aliphatic rings. The Morgan fingerprint density at radius 1 is 0.857 bits per heavy atom. The summed E-state index contributed by atoms with van der Waals surface area (Å²) in [7, 11) is 0. The molecule has 0 unspecified atom stereocenters. The van der Waals surface area contributed by atoms with Gasteiger partial charge in [-0.05, 0) is 67.8 Å². The average Bonchev–Trinajstić information content (AvgIpc) is 2.29. The summed E-state index contributed by atoms with van der Waals surface area (Å²) in [5.74, 6) is -1.74. The SMILES string of the molecule is CC(=O)Nc1c(I)c(NC(C)=O)c(I)c(C(=O)O)c1I.[BaH2]. The number of rotatable bonds is 3. The van der Waals surface area contributed by atoms with Gasteiger partial charge in [0, 0.05) is 13.8 Å². The Morgan fingerprint density at radius 3 is 1.43 bits per heavy atom. The predicted molar refractivity (Wildman–Crippen MR) is 109 cm³/mol. The fraction of sp³-hybridized carbons (Fsp3) is 0.182. The Hall–Kier alpha value is 1.39. The quantitative estimate of drug-likeness (QED) is 0.326. The van der Waals surface area contributed by atoms with Gasteiger partial charge >= 0.3 is 54.9 Å². The number of carbonyl (C=O) groups is 3. The maximum atomic E-state index is 11.4. The summed E-state index contributed by atoms with van der Waals surface area (Å²) in [6.07, 6.45) is 0. The van der Waals surface area contributed by atoms with Gasteiger partial charge in [0.15, 0.2) is 0 Å². The number of hydrogen-bond acceptors (Lipinski definition) is 3. The van der Waals surface area contributed by atoms with Crippen LogP contribution in [0.5, 0.6) is 0 Å². The number of nitrogens with one attached hydrogen (secondary N) is 2. The first-order valence-electron chi connectivity index (χ1n) is 5.15. The van der Waals surface area contributed by atoms with E-state index >= 15 is 0 Å². The van der Waals surface area contributed by atoms with E-state index in [1.165, 1.54) is 13.8 Å². The molecule has 0 atom stereocenters. The first-order valence-corrected chi connectivity index (χ1v) is 8.39. The third-order valence-corrected chi connectivity index (χ3v) is 5.37. The first-order chi connectivity index (χ1) is 9.16. The van der Waals surface area contributed by atoms with Crippen LogP contribution in [0.4, 0.5) is 11.4 Å². The number of anilines is 2. The molecule has 1 aromatic rings. The third kappa shape index (κ3) is 5.75. The van der Waals surface area contributed by atoms with Gasteiger partial charge in [-0.25, -0.2) is 4.79 Å². The van der Waals surface area contributed by atoms with Crippen LogP contribution in [0, 0.1) is 10.7 Å². The van der Waals surface area contributed by atoms with Crippen molar-refractivity contribution in [3.63, 3.8) is 0 Å². The summed E-state index contributed by atoms with van der Waals surface area (Å²) in [6.45, 7) is 2.67. The van der Waals surface area contributed by atoms with Crippen molar-refractivity contribution < 1.29 is 19.5 Å². The molecule has 0 aliphatic carbocycles. The summed E-state index contributed by atoms with van der Waals surface area (Å²) >= 11 is 5.71. The Kier molecular flexibility index (Phi) is 10.3. The second-order valence-corrected chi connectivity index (χ2v) is 6.97. The summed E-state index contributed by atoms with van der Waals surface area (Å²) in [4.78, 5) is 33.9. The van der Waals surface area contributed by atoms with Crippen molar-refractivity contribution in [2.75, 3.05) is 10.6 Å². The minimum absolute atomic E-state index is 0. The zero-order valence-electron chi connectivity index (χ0n) is 10.3. The van der Waals surface area contributed by atoms with E-state index in [0.29, 0.717) is 22.1 Å². The van der Waals surface area contributed by atoms with Crippen molar-refractivity contribution >= 4 is 146 Å². The van der Waals surface area contributed by atoms with Crippen molar-refractivity contribution in [2.45, 2.75) is 13.8 Å². The third-order valence-electron chi connectivity index (χ3n) is 2.13. The van der Waals surface area contributed by atoms with Gasteiger partial charge in [0.05, 0.1) is 27.6 Å². The van der Waals surface area contributed by atoms with Gasteiger partial charge in [-0.1, -0.05) is 0 Å². The average molecular weight is 753 g/mol. The molecule has 1 rings (SSSR count). The number of halogens is 3. The van der Waals surface area contributed by atoms with Crippen LogP contribution in [0.2, 0.25) is 0 Å². The number of benzene rings is 1. The number of carbonyl (C=O) groups excluding carboxylic acids is 2. The van der Waals surface area contributed by atoms with Crippen LogP contribution in [0.1, 0.15) is 24.2 Å². The summed E-state index contributed by atoms with van der Waals surface area (Å²) < 4.78 is 1.44. The minimum atomic E-state index is -1.12. The molecule has 6 nitrogen and oxygen atoms in total. The van der Waals surface area contributed by atoms with Crippen molar-refractivity contribution in [1.29, 1.82) is 0 Å². The molecule has 0 radical (unpaired) electrons. The van der Waals surface area contributed by atoms with Gasteiger partial charge in [0.25, 0.3) is 0 Å². The van der Waals surface area contributed by atoms with Crippen LogP contribution < -0.4 is 10.6 Å². The molecule has 0 aliphatic heterocycles. The van der Waals surface area contributed by atoms with Gasteiger partial charge in [0.1, 0.15) is 0 Å². The summed E-state index contributed by atoms with van der Waals surface area (Å²) in [6, 6.07) is 0. The number of amides is 2. The molecule has 112 valence electrons. The fourth-order valence-electron chi connectivity index (χ4n) is 1.42. The van der Waals surface area contributed by atoms with E-state index in [9.17, 15) is 19.5 Å². The zero-order valence-corrected chi connectivity index (χ0v) is 16.8. The number of carboxylic acids is 1. The molecule has 21 heavy (non-hydrogen) atoms. The Labute approximate surface area is 202 Å². The zero-order chi connectivity index (χ0) is 15.6. The molecule has 0 aromatic heterocycles. The topological polar surface area (TPSA) is 95.5 Å². The van der Waals surface area contributed by atoms with Crippen LogP contribution in [0.3, 0.4) is 0 Å². The molecule has 0 saturated carbocycles. The maximum absolute atomic E-state index is 11.4. The van der Waals surface area contributed by atoms with Gasteiger partial charge < -0.3 is 15.7 Å². The number of hydrogen-bond donors (Lipinski definition) is 3. The van der Waals surface area contributed by atoms with Gasteiger partial charge in [-0.2, -0.15) is 0 Å². The van der Waals surface area contributed by atoms with Gasteiger partial charge in [0.2, 0.25) is 11.8 Å². The first kappa shape index (κ1) is 22.4. The molecule has 3 N–H and O–H groups in total. The second kappa shape index (κ2) is 9.63. The van der Waals surface area contributed by atoms with Crippen LogP contribution in [0.25, 0.3) is 0 Å². The Morgan fingerprint density at radius 2 is 1.19 bits per heavy atom. The molecular weight excluding hydrogens is 742 g/mol. The van der Waals surface area contributed by atoms with E-state index in [-0.39, 0.29) is 66.3 Å². The fourth-order valence-corrected chi connectivity index (χ4v) is 5.59. The second-order valence-electron chi connectivity index (χ2n) is 3.73. The molecule has 1 aromatic carbocycles. The molecule has 0 saturated heterocycles. The van der Waals surface area contributed by atoms with Gasteiger partial charge in [-0.15, -0.1) is 0 Å². The molecule has 0 spiro atoms. The van der Waals surface area contributed by atoms with E-state index < -0.39 is 5.97 Å². The number of aromatic carboxylic acids is 1. The van der Waals surface area contributed by atoms with E-state index in [0.717, 1.165) is 0 Å². The van der Waals surface area contributed by atoms with Crippen molar-refractivity contribution in [3.8, 4) is 0 Å². The predicted octanol–water partition coefficient (Wildman–Crippen LogP) is 2.20. The Bertz CT molecular complexity index is 579. The molecular formula is C11H11BaI3N2O4.